The molecular weight excluding hydrogens is 386 g/mol. The molecular formula is C26H27N3O2. The van der Waals surface area contributed by atoms with Crippen molar-refractivity contribution in [3.8, 4) is 5.75 Å². The Morgan fingerprint density at radius 1 is 1.00 bits per heavy atom. The molecule has 0 aliphatic heterocycles. The number of rotatable bonds is 8. The summed E-state index contributed by atoms with van der Waals surface area (Å²) in [5.41, 5.74) is 4.24. The lowest BCUT2D eigenvalue weighted by Gasteiger charge is -2.18. The van der Waals surface area contributed by atoms with Gasteiger partial charge in [0.05, 0.1) is 18.1 Å². The van der Waals surface area contributed by atoms with Gasteiger partial charge in [0.1, 0.15) is 11.6 Å². The summed E-state index contributed by atoms with van der Waals surface area (Å²) in [6.07, 6.45) is 1.08. The predicted octanol–water partition coefficient (Wildman–Crippen LogP) is 4.46. The molecule has 31 heavy (non-hydrogen) atoms. The molecule has 1 amide bonds. The Morgan fingerprint density at radius 3 is 2.26 bits per heavy atom. The zero-order valence-electron chi connectivity index (χ0n) is 17.9. The number of nitrogens with zero attached hydrogens (tertiary/aromatic N) is 2. The van der Waals surface area contributed by atoms with Crippen LogP contribution in [0.1, 0.15) is 29.3 Å². The van der Waals surface area contributed by atoms with Gasteiger partial charge >= 0.3 is 0 Å². The van der Waals surface area contributed by atoms with Gasteiger partial charge in [-0.05, 0) is 23.3 Å². The van der Waals surface area contributed by atoms with Crippen LogP contribution in [0.4, 0.5) is 0 Å². The molecule has 0 aliphatic carbocycles. The van der Waals surface area contributed by atoms with Crippen molar-refractivity contribution in [1.82, 2.24) is 14.9 Å². The molecule has 4 rings (SSSR count). The van der Waals surface area contributed by atoms with Gasteiger partial charge in [-0.1, -0.05) is 60.7 Å². The van der Waals surface area contributed by atoms with Gasteiger partial charge in [-0.15, -0.1) is 0 Å². The van der Waals surface area contributed by atoms with E-state index in [2.05, 4.69) is 34.1 Å². The summed E-state index contributed by atoms with van der Waals surface area (Å²) in [6.45, 7) is 0.545. The first-order valence-corrected chi connectivity index (χ1v) is 10.5. The third kappa shape index (κ3) is 4.77. The molecule has 0 spiro atoms. The highest BCUT2D eigenvalue weighted by molar-refractivity contribution is 5.78. The van der Waals surface area contributed by atoms with Crippen LogP contribution in [0, 0.1) is 0 Å². The molecule has 0 bridgehead atoms. The number of benzene rings is 3. The Labute approximate surface area is 182 Å². The molecule has 1 heterocycles. The number of aryl methyl sites for hydroxylation is 1. The molecule has 3 aromatic carbocycles. The second-order valence-electron chi connectivity index (χ2n) is 7.62. The van der Waals surface area contributed by atoms with Crippen molar-refractivity contribution >= 4 is 16.9 Å². The van der Waals surface area contributed by atoms with E-state index in [9.17, 15) is 4.79 Å². The van der Waals surface area contributed by atoms with Gasteiger partial charge in [0.25, 0.3) is 0 Å². The minimum absolute atomic E-state index is 0.0330. The Bertz CT molecular complexity index is 1110. The van der Waals surface area contributed by atoms with E-state index < -0.39 is 0 Å². The van der Waals surface area contributed by atoms with Crippen molar-refractivity contribution in [2.45, 2.75) is 18.8 Å². The number of carbonyl (C=O) groups excluding carboxylic acids is 1. The molecule has 0 saturated carbocycles. The van der Waals surface area contributed by atoms with Crippen LogP contribution in [-0.2, 0) is 18.3 Å². The highest BCUT2D eigenvalue weighted by atomic mass is 16.5. The lowest BCUT2D eigenvalue weighted by Crippen LogP contribution is -2.28. The Hall–Kier alpha value is -3.60. The third-order valence-electron chi connectivity index (χ3n) is 5.64. The lowest BCUT2D eigenvalue weighted by molar-refractivity contribution is -0.121. The molecule has 0 aliphatic rings. The number of fused-ring (bicyclic) bond motifs is 1. The zero-order valence-corrected chi connectivity index (χ0v) is 17.9. The van der Waals surface area contributed by atoms with Gasteiger partial charge in [-0.2, -0.15) is 0 Å². The van der Waals surface area contributed by atoms with E-state index in [0.29, 0.717) is 19.4 Å². The fourth-order valence-electron chi connectivity index (χ4n) is 3.95. The van der Waals surface area contributed by atoms with Crippen LogP contribution >= 0.6 is 0 Å². The number of amides is 1. The largest absolute Gasteiger partial charge is 0.497 e. The summed E-state index contributed by atoms with van der Waals surface area (Å²) in [6, 6.07) is 26.3. The SMILES string of the molecule is COc1ccc2c(c1)nc(CCNC(=O)CC(c1ccccc1)c1ccccc1)n2C. The molecule has 5 nitrogen and oxygen atoms in total. The van der Waals surface area contributed by atoms with Gasteiger partial charge < -0.3 is 14.6 Å². The normalized spacial score (nSPS) is 11.1. The summed E-state index contributed by atoms with van der Waals surface area (Å²) in [5, 5.41) is 3.08. The highest BCUT2D eigenvalue weighted by Crippen LogP contribution is 2.27. The fraction of sp³-hybridized carbons (Fsp3) is 0.231. The van der Waals surface area contributed by atoms with E-state index in [1.165, 1.54) is 0 Å². The summed E-state index contributed by atoms with van der Waals surface area (Å²) in [7, 11) is 3.65. The second kappa shape index (κ2) is 9.47. The van der Waals surface area contributed by atoms with Gasteiger partial charge in [0.15, 0.2) is 0 Å². The molecule has 0 fully saturated rings. The standard InChI is InChI=1S/C26H27N3O2/c1-29-24-14-13-21(31-2)17-23(24)28-25(29)15-16-27-26(30)18-22(19-9-5-3-6-10-19)20-11-7-4-8-12-20/h3-14,17,22H,15-16,18H2,1-2H3,(H,27,30). The quantitative estimate of drug-likeness (QED) is 0.464. The maximum atomic E-state index is 12.8. The maximum Gasteiger partial charge on any atom is 0.220 e. The van der Waals surface area contributed by atoms with Crippen LogP contribution in [0.3, 0.4) is 0 Å². The smallest absolute Gasteiger partial charge is 0.220 e. The van der Waals surface area contributed by atoms with E-state index in [0.717, 1.165) is 33.7 Å². The minimum Gasteiger partial charge on any atom is -0.497 e. The summed E-state index contributed by atoms with van der Waals surface area (Å²) in [5.74, 6) is 1.80. The molecule has 4 aromatic rings. The first kappa shape index (κ1) is 20.7. The van der Waals surface area contributed by atoms with Crippen LogP contribution in [0.5, 0.6) is 5.75 Å². The van der Waals surface area contributed by atoms with Crippen molar-refractivity contribution in [3.63, 3.8) is 0 Å². The van der Waals surface area contributed by atoms with Crippen LogP contribution in [-0.4, -0.2) is 29.1 Å². The van der Waals surface area contributed by atoms with Gasteiger partial charge in [0.2, 0.25) is 5.91 Å². The average Bonchev–Trinajstić information content (AvgIpc) is 3.13. The molecule has 0 radical (unpaired) electrons. The van der Waals surface area contributed by atoms with Crippen molar-refractivity contribution in [2.24, 2.45) is 7.05 Å². The minimum atomic E-state index is 0.0330. The lowest BCUT2D eigenvalue weighted by atomic mass is 9.88. The number of methoxy groups -OCH3 is 1. The van der Waals surface area contributed by atoms with Crippen LogP contribution in [0.2, 0.25) is 0 Å². The first-order chi connectivity index (χ1) is 15.2. The Balaban J connectivity index is 1.41. The van der Waals surface area contributed by atoms with Crippen molar-refractivity contribution in [1.29, 1.82) is 0 Å². The number of aromatic nitrogens is 2. The third-order valence-corrected chi connectivity index (χ3v) is 5.64. The summed E-state index contributed by atoms with van der Waals surface area (Å²) in [4.78, 5) is 17.5. The van der Waals surface area contributed by atoms with Crippen molar-refractivity contribution < 1.29 is 9.53 Å². The fourth-order valence-corrected chi connectivity index (χ4v) is 3.95. The number of nitrogens with one attached hydrogen (secondary N) is 1. The maximum absolute atomic E-state index is 12.8. The summed E-state index contributed by atoms with van der Waals surface area (Å²) < 4.78 is 7.35. The first-order valence-electron chi connectivity index (χ1n) is 10.5. The number of imidazole rings is 1. The van der Waals surface area contributed by atoms with Gasteiger partial charge in [-0.3, -0.25) is 4.79 Å². The van der Waals surface area contributed by atoms with E-state index in [4.69, 9.17) is 9.72 Å². The number of ether oxygens (including phenoxy) is 1. The van der Waals surface area contributed by atoms with E-state index in [1.54, 1.807) is 7.11 Å². The Kier molecular flexibility index (Phi) is 6.32. The van der Waals surface area contributed by atoms with E-state index >= 15 is 0 Å². The van der Waals surface area contributed by atoms with E-state index in [-0.39, 0.29) is 11.8 Å². The van der Waals surface area contributed by atoms with Crippen molar-refractivity contribution in [2.75, 3.05) is 13.7 Å². The number of hydrogen-bond acceptors (Lipinski definition) is 3. The zero-order chi connectivity index (χ0) is 21.6. The molecule has 158 valence electrons. The molecule has 0 unspecified atom stereocenters. The topological polar surface area (TPSA) is 56.1 Å². The van der Waals surface area contributed by atoms with Crippen LogP contribution in [0.25, 0.3) is 11.0 Å². The molecule has 1 N–H and O–H groups in total. The molecule has 0 saturated heterocycles. The number of carbonyl (C=O) groups is 1. The monoisotopic (exact) mass is 413 g/mol. The highest BCUT2D eigenvalue weighted by Gasteiger charge is 2.18. The molecule has 5 heteroatoms. The molecule has 0 atom stereocenters. The Morgan fingerprint density at radius 2 is 1.65 bits per heavy atom. The average molecular weight is 414 g/mol. The van der Waals surface area contributed by atoms with Crippen LogP contribution in [0.15, 0.2) is 78.9 Å². The van der Waals surface area contributed by atoms with E-state index in [1.807, 2.05) is 61.6 Å². The van der Waals surface area contributed by atoms with Gasteiger partial charge in [-0.25, -0.2) is 4.98 Å². The van der Waals surface area contributed by atoms with Crippen LogP contribution < -0.4 is 10.1 Å². The van der Waals surface area contributed by atoms with Gasteiger partial charge in [0, 0.05) is 38.4 Å². The van der Waals surface area contributed by atoms with Crippen molar-refractivity contribution in [3.05, 3.63) is 95.8 Å². The predicted molar refractivity (Wildman–Crippen MR) is 123 cm³/mol. The second-order valence-corrected chi connectivity index (χ2v) is 7.62. The summed E-state index contributed by atoms with van der Waals surface area (Å²) >= 11 is 0. The number of hydrogen-bond donors (Lipinski definition) is 1. The molecule has 1 aromatic heterocycles.